The number of hydrogen-bond donors (Lipinski definition) is 1. The van der Waals surface area contributed by atoms with Crippen LogP contribution in [0.4, 0.5) is 0 Å². The topological polar surface area (TPSA) is 103 Å². The van der Waals surface area contributed by atoms with Crippen molar-refractivity contribution in [3.05, 3.63) is 63.7 Å². The molecule has 4 aliphatic rings. The Labute approximate surface area is 226 Å². The van der Waals surface area contributed by atoms with Crippen molar-refractivity contribution >= 4 is 29.3 Å². The Morgan fingerprint density at radius 2 is 1.84 bits per heavy atom. The van der Waals surface area contributed by atoms with E-state index in [9.17, 15) is 19.6 Å². The van der Waals surface area contributed by atoms with E-state index in [-0.39, 0.29) is 24.3 Å². The summed E-state index contributed by atoms with van der Waals surface area (Å²) in [4.78, 5) is 40.9. The largest absolute Gasteiger partial charge is 0.489 e. The first-order chi connectivity index (χ1) is 18.4. The Kier molecular flexibility index (Phi) is 6.58. The molecule has 2 aromatic carbocycles. The van der Waals surface area contributed by atoms with Gasteiger partial charge < -0.3 is 9.64 Å². The molecule has 0 aromatic heterocycles. The second kappa shape index (κ2) is 10.0. The van der Waals surface area contributed by atoms with Crippen LogP contribution in [0.3, 0.4) is 0 Å². The van der Waals surface area contributed by atoms with Crippen molar-refractivity contribution in [1.29, 1.82) is 5.26 Å². The molecule has 1 aliphatic carbocycles. The van der Waals surface area contributed by atoms with Gasteiger partial charge in [-0.3, -0.25) is 24.6 Å². The van der Waals surface area contributed by atoms with Crippen molar-refractivity contribution < 1.29 is 19.1 Å². The number of benzene rings is 2. The monoisotopic (exact) mass is 532 g/mol. The van der Waals surface area contributed by atoms with Gasteiger partial charge in [-0.2, -0.15) is 5.26 Å². The molecule has 9 heteroatoms. The number of piperidine rings is 1. The molecule has 2 saturated heterocycles. The van der Waals surface area contributed by atoms with Gasteiger partial charge in [-0.15, -0.1) is 0 Å². The van der Waals surface area contributed by atoms with Gasteiger partial charge in [-0.1, -0.05) is 24.1 Å². The number of nitrogens with one attached hydrogen (secondary N) is 1. The fourth-order valence-corrected chi connectivity index (χ4v) is 6.56. The minimum absolute atomic E-state index is 0.0479. The number of rotatable bonds is 5. The zero-order valence-electron chi connectivity index (χ0n) is 21.0. The number of halogens is 1. The Morgan fingerprint density at radius 1 is 1.03 bits per heavy atom. The number of carbonyl (C=O) groups excluding carboxylic acids is 3. The molecule has 6 rings (SSSR count). The summed E-state index contributed by atoms with van der Waals surface area (Å²) < 4.78 is 6.54. The molecule has 0 spiro atoms. The van der Waals surface area contributed by atoms with Crippen LogP contribution in [0.15, 0.2) is 36.4 Å². The molecule has 0 unspecified atom stereocenters. The number of carbonyl (C=O) groups is 3. The fourth-order valence-electron chi connectivity index (χ4n) is 6.39. The first-order valence-corrected chi connectivity index (χ1v) is 13.7. The SMILES string of the molecule is N#Cc1cc(Cl)ccc1C1CN([C@@H]2CCCC[C@@H]2Oc2ccc3c(c2)CN([C@@H]2CCC(=O)NC2=O)C3=O)C1. The predicted molar refractivity (Wildman–Crippen MR) is 140 cm³/mol. The second-order valence-electron chi connectivity index (χ2n) is 10.7. The Hall–Kier alpha value is -3.41. The molecule has 3 aliphatic heterocycles. The number of likely N-dealkylation sites (tertiary alicyclic amines) is 1. The van der Waals surface area contributed by atoms with Gasteiger partial charge in [0.1, 0.15) is 17.9 Å². The van der Waals surface area contributed by atoms with Crippen molar-refractivity contribution in [2.45, 2.75) is 69.2 Å². The summed E-state index contributed by atoms with van der Waals surface area (Å²) in [6.07, 6.45) is 4.94. The van der Waals surface area contributed by atoms with Crippen LogP contribution in [-0.2, 0) is 16.1 Å². The lowest BCUT2D eigenvalue weighted by atomic mass is 9.83. The summed E-state index contributed by atoms with van der Waals surface area (Å²) in [5, 5.41) is 12.5. The lowest BCUT2D eigenvalue weighted by Gasteiger charge is -2.48. The van der Waals surface area contributed by atoms with Crippen LogP contribution < -0.4 is 10.1 Å². The quantitative estimate of drug-likeness (QED) is 0.588. The summed E-state index contributed by atoms with van der Waals surface area (Å²) in [5.41, 5.74) is 3.15. The molecule has 2 aromatic rings. The Bertz CT molecular complexity index is 1350. The van der Waals surface area contributed by atoms with E-state index in [4.69, 9.17) is 16.3 Å². The van der Waals surface area contributed by atoms with E-state index in [1.54, 1.807) is 17.0 Å². The number of nitriles is 1. The molecule has 0 radical (unpaired) electrons. The van der Waals surface area contributed by atoms with Crippen LogP contribution in [0.25, 0.3) is 0 Å². The second-order valence-corrected chi connectivity index (χ2v) is 11.2. The zero-order chi connectivity index (χ0) is 26.4. The number of nitrogens with zero attached hydrogens (tertiary/aromatic N) is 3. The highest BCUT2D eigenvalue weighted by Crippen LogP contribution is 2.38. The average molecular weight is 533 g/mol. The first kappa shape index (κ1) is 24.9. The molecule has 1 N–H and O–H groups in total. The number of fused-ring (bicyclic) bond motifs is 1. The smallest absolute Gasteiger partial charge is 0.255 e. The van der Waals surface area contributed by atoms with Crippen LogP contribution >= 0.6 is 11.6 Å². The third-order valence-electron chi connectivity index (χ3n) is 8.40. The Morgan fingerprint density at radius 3 is 2.63 bits per heavy atom. The number of amides is 3. The van der Waals surface area contributed by atoms with Crippen molar-refractivity contribution in [3.8, 4) is 11.8 Å². The van der Waals surface area contributed by atoms with E-state index in [0.717, 1.165) is 55.6 Å². The molecule has 0 bridgehead atoms. The van der Waals surface area contributed by atoms with Crippen molar-refractivity contribution in [2.24, 2.45) is 0 Å². The molecule has 38 heavy (non-hydrogen) atoms. The molecular formula is C29H29ClN4O4. The minimum Gasteiger partial charge on any atom is -0.489 e. The van der Waals surface area contributed by atoms with Gasteiger partial charge in [-0.05, 0) is 67.1 Å². The highest BCUT2D eigenvalue weighted by atomic mass is 35.5. The van der Waals surface area contributed by atoms with Gasteiger partial charge in [0.15, 0.2) is 0 Å². The normalized spacial score (nSPS) is 25.9. The van der Waals surface area contributed by atoms with Crippen LogP contribution in [0.2, 0.25) is 5.02 Å². The van der Waals surface area contributed by atoms with Crippen molar-refractivity contribution in [3.63, 3.8) is 0 Å². The molecule has 8 nitrogen and oxygen atoms in total. The molecule has 3 fully saturated rings. The Balaban J connectivity index is 1.12. The lowest BCUT2D eigenvalue weighted by Crippen LogP contribution is -2.57. The van der Waals surface area contributed by atoms with Crippen LogP contribution in [0, 0.1) is 11.3 Å². The van der Waals surface area contributed by atoms with Gasteiger partial charge in [0.2, 0.25) is 11.8 Å². The molecule has 196 valence electrons. The van der Waals surface area contributed by atoms with Crippen LogP contribution in [0.1, 0.15) is 71.5 Å². The van der Waals surface area contributed by atoms with E-state index in [0.29, 0.717) is 41.1 Å². The number of imide groups is 1. The molecule has 1 saturated carbocycles. The number of ether oxygens (including phenoxy) is 1. The first-order valence-electron chi connectivity index (χ1n) is 13.3. The third kappa shape index (κ3) is 4.55. The van der Waals surface area contributed by atoms with Gasteiger partial charge in [0, 0.05) is 48.6 Å². The molecule has 3 heterocycles. The lowest BCUT2D eigenvalue weighted by molar-refractivity contribution is -0.136. The van der Waals surface area contributed by atoms with E-state index in [1.807, 2.05) is 24.3 Å². The standard InChI is InChI=1S/C29H29ClN4O4/c30-20-5-7-22(17(11-20)13-31)19-14-33(15-19)24-3-1-2-4-26(24)38-21-6-8-23-18(12-21)16-34(29(23)37)25-9-10-27(35)32-28(25)36/h5-8,11-12,19,24-26H,1-4,9-10,14-16H2,(H,32,35,36)/t24-,25-,26+/m1/s1. The summed E-state index contributed by atoms with van der Waals surface area (Å²) >= 11 is 6.08. The van der Waals surface area contributed by atoms with Gasteiger partial charge in [0.05, 0.1) is 11.6 Å². The summed E-state index contributed by atoms with van der Waals surface area (Å²) in [6, 6.07) is 13.1. The van der Waals surface area contributed by atoms with Crippen LogP contribution in [-0.4, -0.2) is 58.8 Å². The molecule has 3 amide bonds. The third-order valence-corrected chi connectivity index (χ3v) is 8.64. The minimum atomic E-state index is -0.624. The summed E-state index contributed by atoms with van der Waals surface area (Å²) in [5.74, 6) is 0.175. The van der Waals surface area contributed by atoms with E-state index in [2.05, 4.69) is 16.3 Å². The maximum absolute atomic E-state index is 13.0. The van der Waals surface area contributed by atoms with Crippen molar-refractivity contribution in [2.75, 3.05) is 13.1 Å². The van der Waals surface area contributed by atoms with E-state index >= 15 is 0 Å². The van der Waals surface area contributed by atoms with E-state index in [1.165, 1.54) is 0 Å². The predicted octanol–water partition coefficient (Wildman–Crippen LogP) is 3.76. The maximum atomic E-state index is 13.0. The zero-order valence-corrected chi connectivity index (χ0v) is 21.7. The highest BCUT2D eigenvalue weighted by Gasteiger charge is 2.41. The summed E-state index contributed by atoms with van der Waals surface area (Å²) in [6.45, 7) is 2.11. The highest BCUT2D eigenvalue weighted by molar-refractivity contribution is 6.30. The maximum Gasteiger partial charge on any atom is 0.255 e. The van der Waals surface area contributed by atoms with Gasteiger partial charge in [0.25, 0.3) is 5.91 Å². The number of hydrogen-bond acceptors (Lipinski definition) is 6. The summed E-state index contributed by atoms with van der Waals surface area (Å²) in [7, 11) is 0. The van der Waals surface area contributed by atoms with Gasteiger partial charge in [-0.25, -0.2) is 0 Å². The van der Waals surface area contributed by atoms with E-state index < -0.39 is 11.9 Å². The van der Waals surface area contributed by atoms with Gasteiger partial charge >= 0.3 is 0 Å². The fraction of sp³-hybridized carbons (Fsp3) is 0.448. The van der Waals surface area contributed by atoms with Crippen LogP contribution in [0.5, 0.6) is 5.75 Å². The molecular weight excluding hydrogens is 504 g/mol. The average Bonchev–Trinajstić information content (AvgIpc) is 3.20. The molecule has 3 atom stereocenters. The van der Waals surface area contributed by atoms with Crippen molar-refractivity contribution in [1.82, 2.24) is 15.1 Å².